The van der Waals surface area contributed by atoms with Crippen molar-refractivity contribution < 1.29 is 5.11 Å². The largest absolute Gasteiger partial charge is 0.507 e. The maximum Gasteiger partial charge on any atom is 0.134 e. The molecule has 0 amide bonds. The van der Waals surface area contributed by atoms with Crippen LogP contribution in [0.2, 0.25) is 0 Å². The predicted octanol–water partition coefficient (Wildman–Crippen LogP) is 1.55. The van der Waals surface area contributed by atoms with E-state index in [1.165, 1.54) is 12.1 Å². The van der Waals surface area contributed by atoms with Gasteiger partial charge in [0.25, 0.3) is 0 Å². The normalized spacial score (nSPS) is 8.80. The lowest BCUT2D eigenvalue weighted by Gasteiger charge is -1.94. The van der Waals surface area contributed by atoms with Crippen LogP contribution >= 0.6 is 12.6 Å². The van der Waals surface area contributed by atoms with E-state index in [2.05, 4.69) is 12.6 Å². The number of hydrogen-bond donors (Lipinski definition) is 2. The molecule has 0 aliphatic carbocycles. The highest BCUT2D eigenvalue weighted by Crippen LogP contribution is 2.19. The van der Waals surface area contributed by atoms with Crippen molar-refractivity contribution in [1.29, 1.82) is 5.26 Å². The maximum atomic E-state index is 9.02. The van der Waals surface area contributed by atoms with Crippen molar-refractivity contribution in [2.75, 3.05) is 0 Å². The fourth-order valence-corrected chi connectivity index (χ4v) is 0.811. The summed E-state index contributed by atoms with van der Waals surface area (Å²) in [6, 6.07) is 6.45. The molecule has 2 nitrogen and oxygen atoms in total. The Morgan fingerprint density at radius 2 is 2.20 bits per heavy atom. The molecule has 0 aliphatic rings. The topological polar surface area (TPSA) is 44.0 Å². The first-order chi connectivity index (χ1) is 4.74. The van der Waals surface area contributed by atoms with Crippen LogP contribution in [0.1, 0.15) is 5.56 Å². The Morgan fingerprint density at radius 3 is 2.70 bits per heavy atom. The van der Waals surface area contributed by atoms with Gasteiger partial charge in [-0.2, -0.15) is 5.26 Å². The molecule has 0 atom stereocenters. The molecule has 0 aromatic heterocycles. The van der Waals surface area contributed by atoms with Gasteiger partial charge in [-0.05, 0) is 18.2 Å². The Balaban J connectivity index is 3.23. The minimum absolute atomic E-state index is 0.0185. The molecule has 0 saturated heterocycles. The molecule has 0 bridgehead atoms. The fraction of sp³-hybridized carbons (Fsp3) is 0. The van der Waals surface area contributed by atoms with Crippen molar-refractivity contribution in [3.8, 4) is 11.8 Å². The van der Waals surface area contributed by atoms with Crippen LogP contribution in [0.3, 0.4) is 0 Å². The number of phenols is 1. The molecule has 0 fully saturated rings. The molecule has 50 valence electrons. The zero-order chi connectivity index (χ0) is 7.56. The van der Waals surface area contributed by atoms with E-state index in [1.807, 2.05) is 6.07 Å². The number of aromatic hydroxyl groups is 1. The average molecular weight is 151 g/mol. The molecule has 0 radical (unpaired) electrons. The van der Waals surface area contributed by atoms with Gasteiger partial charge >= 0.3 is 0 Å². The van der Waals surface area contributed by atoms with Gasteiger partial charge in [-0.15, -0.1) is 12.6 Å². The Labute approximate surface area is 64.1 Å². The van der Waals surface area contributed by atoms with Gasteiger partial charge in [-0.3, -0.25) is 0 Å². The number of benzene rings is 1. The van der Waals surface area contributed by atoms with Crippen LogP contribution in [0.25, 0.3) is 0 Å². The van der Waals surface area contributed by atoms with E-state index in [4.69, 9.17) is 10.4 Å². The van der Waals surface area contributed by atoms with Crippen molar-refractivity contribution in [2.24, 2.45) is 0 Å². The molecule has 0 heterocycles. The number of phenolic OH excluding ortho intramolecular Hbond substituents is 1. The number of nitrogens with zero attached hydrogens (tertiary/aromatic N) is 1. The summed E-state index contributed by atoms with van der Waals surface area (Å²) in [7, 11) is 0. The van der Waals surface area contributed by atoms with E-state index in [1.54, 1.807) is 6.07 Å². The number of thiol groups is 1. The Hall–Kier alpha value is -1.14. The SMILES string of the molecule is N#Cc1ccc(S)cc1O. The molecular weight excluding hydrogens is 146 g/mol. The van der Waals surface area contributed by atoms with E-state index in [9.17, 15) is 0 Å². The fourth-order valence-electron chi connectivity index (χ4n) is 0.615. The lowest BCUT2D eigenvalue weighted by Crippen LogP contribution is -1.74. The third-order valence-electron chi connectivity index (χ3n) is 1.10. The average Bonchev–Trinajstić information content (AvgIpc) is 1.88. The molecule has 0 saturated carbocycles. The summed E-state index contributed by atoms with van der Waals surface area (Å²) in [5.74, 6) is -0.0185. The second-order valence-corrected chi connectivity index (χ2v) is 2.33. The first-order valence-corrected chi connectivity index (χ1v) is 3.11. The summed E-state index contributed by atoms with van der Waals surface area (Å²) in [6.07, 6.45) is 0. The highest BCUT2D eigenvalue weighted by molar-refractivity contribution is 7.80. The predicted molar refractivity (Wildman–Crippen MR) is 40.1 cm³/mol. The van der Waals surface area contributed by atoms with Gasteiger partial charge in [0, 0.05) is 4.90 Å². The molecule has 1 aromatic rings. The third kappa shape index (κ3) is 1.23. The van der Waals surface area contributed by atoms with Crippen molar-refractivity contribution in [3.05, 3.63) is 23.8 Å². The highest BCUT2D eigenvalue weighted by Gasteiger charge is 1.97. The molecular formula is C7H5NOS. The van der Waals surface area contributed by atoms with Gasteiger partial charge in [0.05, 0.1) is 5.56 Å². The summed E-state index contributed by atoms with van der Waals surface area (Å²) in [5.41, 5.74) is 0.276. The first-order valence-electron chi connectivity index (χ1n) is 2.66. The summed E-state index contributed by atoms with van der Waals surface area (Å²) >= 11 is 3.97. The van der Waals surface area contributed by atoms with Crippen LogP contribution in [-0.4, -0.2) is 5.11 Å². The van der Waals surface area contributed by atoms with Gasteiger partial charge in [-0.25, -0.2) is 0 Å². The van der Waals surface area contributed by atoms with E-state index >= 15 is 0 Å². The van der Waals surface area contributed by atoms with Crippen LogP contribution in [0.15, 0.2) is 23.1 Å². The molecule has 1 aromatic carbocycles. The monoisotopic (exact) mass is 151 g/mol. The second kappa shape index (κ2) is 2.63. The molecule has 10 heavy (non-hydrogen) atoms. The van der Waals surface area contributed by atoms with Crippen LogP contribution < -0.4 is 0 Å². The number of nitriles is 1. The van der Waals surface area contributed by atoms with Crippen LogP contribution in [-0.2, 0) is 0 Å². The number of hydrogen-bond acceptors (Lipinski definition) is 3. The number of rotatable bonds is 0. The van der Waals surface area contributed by atoms with Gasteiger partial charge < -0.3 is 5.11 Å². The zero-order valence-electron chi connectivity index (χ0n) is 5.07. The van der Waals surface area contributed by atoms with E-state index in [0.29, 0.717) is 4.90 Å². The lowest BCUT2D eigenvalue weighted by atomic mass is 10.2. The van der Waals surface area contributed by atoms with Crippen molar-refractivity contribution in [3.63, 3.8) is 0 Å². The van der Waals surface area contributed by atoms with Gasteiger partial charge in [0.2, 0.25) is 0 Å². The minimum atomic E-state index is -0.0185. The molecule has 0 unspecified atom stereocenters. The minimum Gasteiger partial charge on any atom is -0.507 e. The summed E-state index contributed by atoms with van der Waals surface area (Å²) < 4.78 is 0. The molecule has 1 rings (SSSR count). The quantitative estimate of drug-likeness (QED) is 0.552. The Morgan fingerprint density at radius 1 is 1.50 bits per heavy atom. The van der Waals surface area contributed by atoms with Crippen molar-refractivity contribution >= 4 is 12.6 Å². The summed E-state index contributed by atoms with van der Waals surface area (Å²) in [4.78, 5) is 0.650. The molecule has 0 spiro atoms. The van der Waals surface area contributed by atoms with Crippen LogP contribution in [0, 0.1) is 11.3 Å². The second-order valence-electron chi connectivity index (χ2n) is 1.81. The third-order valence-corrected chi connectivity index (χ3v) is 1.38. The van der Waals surface area contributed by atoms with Gasteiger partial charge in [0.1, 0.15) is 11.8 Å². The molecule has 1 N–H and O–H groups in total. The van der Waals surface area contributed by atoms with E-state index < -0.39 is 0 Å². The first kappa shape index (κ1) is 6.97. The molecule has 0 aliphatic heterocycles. The lowest BCUT2D eigenvalue weighted by molar-refractivity contribution is 0.472. The molecule has 3 heteroatoms. The summed E-state index contributed by atoms with van der Waals surface area (Å²) in [6.45, 7) is 0. The smallest absolute Gasteiger partial charge is 0.134 e. The van der Waals surface area contributed by atoms with Crippen molar-refractivity contribution in [1.82, 2.24) is 0 Å². The van der Waals surface area contributed by atoms with Gasteiger partial charge in [0.15, 0.2) is 0 Å². The summed E-state index contributed by atoms with van der Waals surface area (Å²) in [5, 5.41) is 17.4. The maximum absolute atomic E-state index is 9.02. The Kier molecular flexibility index (Phi) is 1.83. The van der Waals surface area contributed by atoms with Gasteiger partial charge in [-0.1, -0.05) is 0 Å². The van der Waals surface area contributed by atoms with E-state index in [-0.39, 0.29) is 11.3 Å². The van der Waals surface area contributed by atoms with Crippen LogP contribution in [0.5, 0.6) is 5.75 Å². The highest BCUT2D eigenvalue weighted by atomic mass is 32.1. The Bertz CT molecular complexity index is 290. The van der Waals surface area contributed by atoms with E-state index in [0.717, 1.165) is 0 Å². The zero-order valence-corrected chi connectivity index (χ0v) is 5.97. The van der Waals surface area contributed by atoms with Crippen LogP contribution in [0.4, 0.5) is 0 Å². The van der Waals surface area contributed by atoms with Crippen molar-refractivity contribution in [2.45, 2.75) is 4.90 Å². The standard InChI is InChI=1S/C7H5NOS/c8-4-5-1-2-6(10)3-7(5)9/h1-3,9-10H.